The fourth-order valence-corrected chi connectivity index (χ4v) is 1.95. The molecule has 106 valence electrons. The minimum absolute atomic E-state index is 0.0685. The van der Waals surface area contributed by atoms with E-state index in [2.05, 4.69) is 5.32 Å². The minimum atomic E-state index is -0.930. The van der Waals surface area contributed by atoms with Gasteiger partial charge in [-0.3, -0.25) is 9.00 Å². The number of hydrogen-bond donors (Lipinski definition) is 2. The third-order valence-corrected chi connectivity index (χ3v) is 3.68. The van der Waals surface area contributed by atoms with Gasteiger partial charge in [0.1, 0.15) is 0 Å². The van der Waals surface area contributed by atoms with Gasteiger partial charge in [-0.25, -0.2) is 4.79 Å². The highest BCUT2D eigenvalue weighted by Gasteiger charge is 2.17. The predicted molar refractivity (Wildman–Crippen MR) is 71.0 cm³/mol. The summed E-state index contributed by atoms with van der Waals surface area (Å²) in [4.78, 5) is 23.7. The van der Waals surface area contributed by atoms with Crippen molar-refractivity contribution in [3.05, 3.63) is 0 Å². The molecule has 0 spiro atoms. The summed E-state index contributed by atoms with van der Waals surface area (Å²) in [7, 11) is -0.906. The van der Waals surface area contributed by atoms with Crippen LogP contribution in [0.5, 0.6) is 0 Å². The van der Waals surface area contributed by atoms with Crippen molar-refractivity contribution in [2.24, 2.45) is 0 Å². The Morgan fingerprint density at radius 1 is 1.39 bits per heavy atom. The van der Waals surface area contributed by atoms with E-state index in [-0.39, 0.29) is 25.0 Å². The molecule has 0 rings (SSSR count). The SMILES string of the molecule is CCS(=O)CCNC(=O)N(CCC(=O)O)C(C)C. The summed E-state index contributed by atoms with van der Waals surface area (Å²) in [5, 5.41) is 11.3. The average Bonchev–Trinajstić information content (AvgIpc) is 2.28. The highest BCUT2D eigenvalue weighted by atomic mass is 32.2. The van der Waals surface area contributed by atoms with Crippen molar-refractivity contribution in [2.75, 3.05) is 24.6 Å². The number of amides is 2. The van der Waals surface area contributed by atoms with Gasteiger partial charge in [0.15, 0.2) is 0 Å². The monoisotopic (exact) mass is 278 g/mol. The molecule has 0 radical (unpaired) electrons. The van der Waals surface area contributed by atoms with Crippen molar-refractivity contribution in [1.82, 2.24) is 10.2 Å². The van der Waals surface area contributed by atoms with E-state index in [1.165, 1.54) is 4.90 Å². The van der Waals surface area contributed by atoms with E-state index in [4.69, 9.17) is 5.11 Å². The summed E-state index contributed by atoms with van der Waals surface area (Å²) in [5.74, 6) is 0.0659. The van der Waals surface area contributed by atoms with E-state index in [1.54, 1.807) is 0 Å². The molecule has 0 aliphatic carbocycles. The average molecular weight is 278 g/mol. The van der Waals surface area contributed by atoms with Gasteiger partial charge in [-0.15, -0.1) is 0 Å². The summed E-state index contributed by atoms with van der Waals surface area (Å²) in [5.41, 5.74) is 0. The molecule has 18 heavy (non-hydrogen) atoms. The zero-order valence-corrected chi connectivity index (χ0v) is 12.0. The molecule has 0 aliphatic heterocycles. The van der Waals surface area contributed by atoms with Gasteiger partial charge < -0.3 is 15.3 Å². The maximum absolute atomic E-state index is 11.8. The first kappa shape index (κ1) is 16.9. The molecule has 2 N–H and O–H groups in total. The molecule has 0 saturated heterocycles. The van der Waals surface area contributed by atoms with Crippen molar-refractivity contribution >= 4 is 22.8 Å². The van der Waals surface area contributed by atoms with E-state index < -0.39 is 16.8 Å². The number of hydrogen-bond acceptors (Lipinski definition) is 3. The third kappa shape index (κ3) is 7.26. The fraction of sp³-hybridized carbons (Fsp3) is 0.818. The van der Waals surface area contributed by atoms with Gasteiger partial charge in [0, 0.05) is 41.4 Å². The molecule has 0 saturated carbocycles. The maximum Gasteiger partial charge on any atom is 0.317 e. The largest absolute Gasteiger partial charge is 0.481 e. The van der Waals surface area contributed by atoms with Gasteiger partial charge in [-0.1, -0.05) is 6.92 Å². The molecule has 1 unspecified atom stereocenters. The topological polar surface area (TPSA) is 86.7 Å². The number of carboxylic acid groups (broad SMARTS) is 1. The van der Waals surface area contributed by atoms with Crippen LogP contribution in [0.3, 0.4) is 0 Å². The number of nitrogens with zero attached hydrogens (tertiary/aromatic N) is 1. The normalized spacial score (nSPS) is 12.2. The maximum atomic E-state index is 11.8. The molecule has 0 fully saturated rings. The minimum Gasteiger partial charge on any atom is -0.481 e. The molecule has 0 aromatic rings. The number of carbonyl (C=O) groups excluding carboxylic acids is 1. The smallest absolute Gasteiger partial charge is 0.317 e. The molecule has 0 aliphatic rings. The molecule has 2 amide bonds. The van der Waals surface area contributed by atoms with Gasteiger partial charge in [-0.2, -0.15) is 0 Å². The summed E-state index contributed by atoms with van der Waals surface area (Å²) >= 11 is 0. The Labute approximate surface area is 110 Å². The number of nitrogens with one attached hydrogen (secondary N) is 1. The second-order valence-corrected chi connectivity index (χ2v) is 5.96. The van der Waals surface area contributed by atoms with Crippen LogP contribution in [0.25, 0.3) is 0 Å². The van der Waals surface area contributed by atoms with E-state index in [9.17, 15) is 13.8 Å². The zero-order chi connectivity index (χ0) is 14.1. The quantitative estimate of drug-likeness (QED) is 0.682. The summed E-state index contributed by atoms with van der Waals surface area (Å²) < 4.78 is 11.2. The molecule has 6 nitrogen and oxygen atoms in total. The number of carbonyl (C=O) groups is 2. The Bertz CT molecular complexity index is 307. The van der Waals surface area contributed by atoms with Gasteiger partial charge in [-0.05, 0) is 13.8 Å². The Kier molecular flexibility index (Phi) is 8.36. The van der Waals surface area contributed by atoms with Crippen molar-refractivity contribution < 1.29 is 18.9 Å². The van der Waals surface area contributed by atoms with Crippen LogP contribution in [0.4, 0.5) is 4.79 Å². The molecule has 0 bridgehead atoms. The number of urea groups is 1. The first-order chi connectivity index (χ1) is 8.38. The zero-order valence-electron chi connectivity index (χ0n) is 11.1. The Balaban J connectivity index is 4.14. The van der Waals surface area contributed by atoms with Crippen LogP contribution in [-0.4, -0.2) is 56.9 Å². The van der Waals surface area contributed by atoms with E-state index in [0.29, 0.717) is 18.1 Å². The number of carboxylic acids is 1. The summed E-state index contributed by atoms with van der Waals surface area (Å²) in [6, 6.07) is -0.375. The van der Waals surface area contributed by atoms with E-state index in [1.807, 2.05) is 20.8 Å². The molecular weight excluding hydrogens is 256 g/mol. The van der Waals surface area contributed by atoms with Crippen molar-refractivity contribution in [3.63, 3.8) is 0 Å². The summed E-state index contributed by atoms with van der Waals surface area (Å²) in [6.07, 6.45) is -0.0769. The van der Waals surface area contributed by atoms with Crippen LogP contribution < -0.4 is 5.32 Å². The van der Waals surface area contributed by atoms with Crippen LogP contribution in [0.1, 0.15) is 27.2 Å². The molecule has 1 atom stereocenters. The second-order valence-electron chi connectivity index (χ2n) is 4.10. The van der Waals surface area contributed by atoms with Crippen molar-refractivity contribution in [3.8, 4) is 0 Å². The molecular formula is C11H22N2O4S. The number of rotatable bonds is 8. The van der Waals surface area contributed by atoms with E-state index >= 15 is 0 Å². The van der Waals surface area contributed by atoms with Gasteiger partial charge in [0.05, 0.1) is 6.42 Å². The van der Waals surface area contributed by atoms with Gasteiger partial charge in [0.25, 0.3) is 0 Å². The lowest BCUT2D eigenvalue weighted by Gasteiger charge is -2.26. The third-order valence-electron chi connectivity index (χ3n) is 2.38. The Morgan fingerprint density at radius 2 is 2.00 bits per heavy atom. The van der Waals surface area contributed by atoms with E-state index in [0.717, 1.165) is 0 Å². The van der Waals surface area contributed by atoms with Crippen LogP contribution >= 0.6 is 0 Å². The predicted octanol–water partition coefficient (Wildman–Crippen LogP) is 0.650. The van der Waals surface area contributed by atoms with Gasteiger partial charge in [0.2, 0.25) is 0 Å². The first-order valence-electron chi connectivity index (χ1n) is 5.99. The second kappa shape index (κ2) is 8.91. The van der Waals surface area contributed by atoms with Gasteiger partial charge >= 0.3 is 12.0 Å². The van der Waals surface area contributed by atoms with Crippen LogP contribution in [0.2, 0.25) is 0 Å². The standard InChI is InChI=1S/C11H22N2O4S/c1-4-18(17)8-6-12-11(16)13(9(2)3)7-5-10(14)15/h9H,4-8H2,1-3H3,(H,12,16)(H,14,15). The fourth-order valence-electron chi connectivity index (χ4n) is 1.33. The Morgan fingerprint density at radius 3 is 2.44 bits per heavy atom. The lowest BCUT2D eigenvalue weighted by atomic mass is 10.3. The lowest BCUT2D eigenvalue weighted by molar-refractivity contribution is -0.137. The molecule has 0 heterocycles. The van der Waals surface area contributed by atoms with Crippen LogP contribution in [-0.2, 0) is 15.6 Å². The van der Waals surface area contributed by atoms with Crippen molar-refractivity contribution in [1.29, 1.82) is 0 Å². The molecule has 7 heteroatoms. The Hall–Kier alpha value is -1.11. The van der Waals surface area contributed by atoms with Crippen LogP contribution in [0.15, 0.2) is 0 Å². The molecule has 0 aromatic carbocycles. The highest BCUT2D eigenvalue weighted by Crippen LogP contribution is 2.00. The van der Waals surface area contributed by atoms with Crippen LogP contribution in [0, 0.1) is 0 Å². The number of aliphatic carboxylic acids is 1. The summed E-state index contributed by atoms with van der Waals surface area (Å²) in [6.45, 7) is 5.99. The highest BCUT2D eigenvalue weighted by molar-refractivity contribution is 7.84. The lowest BCUT2D eigenvalue weighted by Crippen LogP contribution is -2.45. The van der Waals surface area contributed by atoms with Crippen molar-refractivity contribution in [2.45, 2.75) is 33.2 Å². The molecule has 0 aromatic heterocycles. The first-order valence-corrected chi connectivity index (χ1v) is 7.48.